The standard InChI is InChI=1S/C16H23NO5S/c1-10(2)8-23(21,22)9-14(18)17-15(16(19)20)13-6-5-11(3)12(4)7-13/h5-7,10,15H,8-9H2,1-4H3,(H,17,18)(H,19,20). The number of sulfone groups is 1. The van der Waals surface area contributed by atoms with Crippen LogP contribution in [0.1, 0.15) is 36.6 Å². The normalized spacial score (nSPS) is 12.9. The largest absolute Gasteiger partial charge is 0.479 e. The van der Waals surface area contributed by atoms with E-state index in [1.807, 2.05) is 13.8 Å². The van der Waals surface area contributed by atoms with Crippen LogP contribution in [0, 0.1) is 19.8 Å². The zero-order valence-electron chi connectivity index (χ0n) is 13.8. The molecule has 1 atom stereocenters. The molecule has 0 aliphatic rings. The molecule has 0 aliphatic carbocycles. The number of aryl methyl sites for hydroxylation is 2. The Balaban J connectivity index is 2.90. The molecule has 0 radical (unpaired) electrons. The van der Waals surface area contributed by atoms with Crippen LogP contribution >= 0.6 is 0 Å². The van der Waals surface area contributed by atoms with Crippen LogP contribution in [0.4, 0.5) is 0 Å². The Hall–Kier alpha value is -1.89. The molecular formula is C16H23NO5S. The molecule has 1 amide bonds. The average Bonchev–Trinajstić information content (AvgIpc) is 2.36. The molecule has 23 heavy (non-hydrogen) atoms. The summed E-state index contributed by atoms with van der Waals surface area (Å²) in [5.74, 6) is -2.95. The number of aliphatic carboxylic acids is 1. The van der Waals surface area contributed by atoms with Gasteiger partial charge in [-0.3, -0.25) is 4.79 Å². The Morgan fingerprint density at radius 2 is 1.78 bits per heavy atom. The van der Waals surface area contributed by atoms with Crippen molar-refractivity contribution in [3.63, 3.8) is 0 Å². The number of carboxylic acid groups (broad SMARTS) is 1. The van der Waals surface area contributed by atoms with Gasteiger partial charge in [-0.05, 0) is 36.5 Å². The van der Waals surface area contributed by atoms with Crippen LogP contribution in [0.3, 0.4) is 0 Å². The summed E-state index contributed by atoms with van der Waals surface area (Å²) in [6.07, 6.45) is 0. The summed E-state index contributed by atoms with van der Waals surface area (Å²) < 4.78 is 23.7. The van der Waals surface area contributed by atoms with Gasteiger partial charge in [-0.2, -0.15) is 0 Å². The number of nitrogens with one attached hydrogen (secondary N) is 1. The number of hydrogen-bond donors (Lipinski definition) is 2. The molecule has 0 spiro atoms. The van der Waals surface area contributed by atoms with Crippen LogP contribution in [-0.4, -0.2) is 36.9 Å². The van der Waals surface area contributed by atoms with Gasteiger partial charge in [0.25, 0.3) is 0 Å². The first-order valence-electron chi connectivity index (χ1n) is 7.31. The fourth-order valence-electron chi connectivity index (χ4n) is 2.20. The molecule has 0 heterocycles. The Bertz CT molecular complexity index is 694. The second-order valence-corrected chi connectivity index (χ2v) is 8.24. The number of benzene rings is 1. The SMILES string of the molecule is Cc1ccc(C(NC(=O)CS(=O)(=O)CC(C)C)C(=O)O)cc1C. The van der Waals surface area contributed by atoms with Gasteiger partial charge in [-0.15, -0.1) is 0 Å². The van der Waals surface area contributed by atoms with Crippen LogP contribution in [0.15, 0.2) is 18.2 Å². The highest BCUT2D eigenvalue weighted by molar-refractivity contribution is 7.92. The third kappa shape index (κ3) is 6.02. The fraction of sp³-hybridized carbons (Fsp3) is 0.500. The quantitative estimate of drug-likeness (QED) is 0.785. The van der Waals surface area contributed by atoms with Crippen molar-refractivity contribution in [2.45, 2.75) is 33.7 Å². The van der Waals surface area contributed by atoms with E-state index in [1.165, 1.54) is 0 Å². The van der Waals surface area contributed by atoms with Gasteiger partial charge in [0.2, 0.25) is 5.91 Å². The van der Waals surface area contributed by atoms with Crippen LogP contribution in [0.2, 0.25) is 0 Å². The van der Waals surface area contributed by atoms with Crippen molar-refractivity contribution in [3.8, 4) is 0 Å². The maximum Gasteiger partial charge on any atom is 0.330 e. The summed E-state index contributed by atoms with van der Waals surface area (Å²) in [6.45, 7) is 7.22. The topological polar surface area (TPSA) is 101 Å². The van der Waals surface area contributed by atoms with Gasteiger partial charge in [0.05, 0.1) is 5.75 Å². The molecule has 1 rings (SSSR count). The van der Waals surface area contributed by atoms with Crippen LogP contribution in [-0.2, 0) is 19.4 Å². The Labute approximate surface area is 136 Å². The minimum atomic E-state index is -3.55. The van der Waals surface area contributed by atoms with Gasteiger partial charge in [0.15, 0.2) is 15.9 Å². The molecular weight excluding hydrogens is 318 g/mol. The lowest BCUT2D eigenvalue weighted by Crippen LogP contribution is -2.38. The van der Waals surface area contributed by atoms with E-state index in [4.69, 9.17) is 0 Å². The minimum absolute atomic E-state index is 0.0946. The monoisotopic (exact) mass is 341 g/mol. The fourth-order valence-corrected chi connectivity index (χ4v) is 3.82. The molecule has 0 fully saturated rings. The van der Waals surface area contributed by atoms with E-state index in [0.29, 0.717) is 5.56 Å². The average molecular weight is 341 g/mol. The molecule has 0 aliphatic heterocycles. The maximum atomic E-state index is 11.9. The smallest absolute Gasteiger partial charge is 0.330 e. The van der Waals surface area contributed by atoms with Crippen molar-refractivity contribution in [1.82, 2.24) is 5.32 Å². The van der Waals surface area contributed by atoms with Crippen molar-refractivity contribution in [1.29, 1.82) is 0 Å². The van der Waals surface area contributed by atoms with E-state index in [2.05, 4.69) is 5.32 Å². The lowest BCUT2D eigenvalue weighted by Gasteiger charge is -2.16. The molecule has 6 nitrogen and oxygen atoms in total. The summed E-state index contributed by atoms with van der Waals surface area (Å²) in [7, 11) is -3.55. The van der Waals surface area contributed by atoms with E-state index in [9.17, 15) is 23.1 Å². The van der Waals surface area contributed by atoms with Crippen LogP contribution in [0.5, 0.6) is 0 Å². The van der Waals surface area contributed by atoms with Crippen molar-refractivity contribution >= 4 is 21.7 Å². The third-order valence-corrected chi connectivity index (χ3v) is 5.23. The second kappa shape index (κ2) is 7.59. The van der Waals surface area contributed by atoms with Gasteiger partial charge in [0, 0.05) is 0 Å². The van der Waals surface area contributed by atoms with Gasteiger partial charge in [-0.25, -0.2) is 13.2 Å². The molecule has 2 N–H and O–H groups in total. The van der Waals surface area contributed by atoms with E-state index < -0.39 is 33.5 Å². The number of carbonyl (C=O) groups is 2. The van der Waals surface area contributed by atoms with Crippen molar-refractivity contribution in [2.24, 2.45) is 5.92 Å². The Morgan fingerprint density at radius 1 is 1.17 bits per heavy atom. The number of carbonyl (C=O) groups excluding carboxylic acids is 1. The summed E-state index contributed by atoms with van der Waals surface area (Å²) in [5.41, 5.74) is 2.31. The second-order valence-electron chi connectivity index (χ2n) is 6.13. The van der Waals surface area contributed by atoms with E-state index >= 15 is 0 Å². The third-order valence-electron chi connectivity index (χ3n) is 3.35. The Morgan fingerprint density at radius 3 is 2.26 bits per heavy atom. The highest BCUT2D eigenvalue weighted by Crippen LogP contribution is 2.17. The molecule has 0 saturated carbocycles. The van der Waals surface area contributed by atoms with E-state index in [-0.39, 0.29) is 11.7 Å². The van der Waals surface area contributed by atoms with Crippen molar-refractivity contribution < 1.29 is 23.1 Å². The molecule has 1 unspecified atom stereocenters. The van der Waals surface area contributed by atoms with Gasteiger partial charge in [-0.1, -0.05) is 32.0 Å². The first-order valence-corrected chi connectivity index (χ1v) is 9.13. The molecule has 1 aromatic rings. The summed E-state index contributed by atoms with van der Waals surface area (Å²) in [6, 6.07) is 3.79. The summed E-state index contributed by atoms with van der Waals surface area (Å²) >= 11 is 0. The molecule has 1 aromatic carbocycles. The number of rotatable bonds is 7. The van der Waals surface area contributed by atoms with Crippen molar-refractivity contribution in [2.75, 3.05) is 11.5 Å². The molecule has 128 valence electrons. The predicted molar refractivity (Wildman–Crippen MR) is 87.9 cm³/mol. The number of hydrogen-bond acceptors (Lipinski definition) is 4. The lowest BCUT2D eigenvalue weighted by atomic mass is 10.0. The van der Waals surface area contributed by atoms with Gasteiger partial charge >= 0.3 is 5.97 Å². The maximum absolute atomic E-state index is 11.9. The highest BCUT2D eigenvalue weighted by Gasteiger charge is 2.25. The zero-order chi connectivity index (χ0) is 17.8. The molecule has 0 bridgehead atoms. The summed E-state index contributed by atoms with van der Waals surface area (Å²) in [4.78, 5) is 23.3. The highest BCUT2D eigenvalue weighted by atomic mass is 32.2. The van der Waals surface area contributed by atoms with Gasteiger partial charge < -0.3 is 10.4 Å². The number of carboxylic acids is 1. The predicted octanol–water partition coefficient (Wildman–Crippen LogP) is 1.62. The van der Waals surface area contributed by atoms with Crippen LogP contribution < -0.4 is 5.32 Å². The molecule has 7 heteroatoms. The van der Waals surface area contributed by atoms with Crippen molar-refractivity contribution in [3.05, 3.63) is 34.9 Å². The first-order chi connectivity index (χ1) is 10.5. The van der Waals surface area contributed by atoms with E-state index in [1.54, 1.807) is 32.0 Å². The van der Waals surface area contributed by atoms with E-state index in [0.717, 1.165) is 11.1 Å². The molecule has 0 aromatic heterocycles. The zero-order valence-corrected chi connectivity index (χ0v) is 14.6. The Kier molecular flexibility index (Phi) is 6.32. The first kappa shape index (κ1) is 19.2. The lowest BCUT2D eigenvalue weighted by molar-refractivity contribution is -0.141. The molecule has 0 saturated heterocycles. The van der Waals surface area contributed by atoms with Gasteiger partial charge in [0.1, 0.15) is 5.75 Å². The summed E-state index contributed by atoms with van der Waals surface area (Å²) in [5, 5.41) is 11.6. The minimum Gasteiger partial charge on any atom is -0.479 e. The van der Waals surface area contributed by atoms with Crippen LogP contribution in [0.25, 0.3) is 0 Å². The number of amides is 1.